The maximum absolute atomic E-state index is 7.21. The molecule has 2 rings (SSSR count). The van der Waals surface area contributed by atoms with Crippen LogP contribution < -0.4 is 0 Å². The molecule has 4 heteroatoms. The molecule has 0 saturated heterocycles. The highest BCUT2D eigenvalue weighted by Gasteiger charge is 2.05. The van der Waals surface area contributed by atoms with Gasteiger partial charge in [0.2, 0.25) is 0 Å². The summed E-state index contributed by atoms with van der Waals surface area (Å²) >= 11 is 9.27. The summed E-state index contributed by atoms with van der Waals surface area (Å²) in [4.78, 5) is 0. The zero-order chi connectivity index (χ0) is 11.2. The molecule has 1 heterocycles. The molecule has 0 unspecified atom stereocenters. The van der Waals surface area contributed by atoms with Crippen LogP contribution in [0.15, 0.2) is 22.8 Å². The van der Waals surface area contributed by atoms with Gasteiger partial charge < -0.3 is 0 Å². The third-order valence-corrected chi connectivity index (χ3v) is 2.87. The third-order valence-electron chi connectivity index (χ3n) is 1.58. The summed E-state index contributed by atoms with van der Waals surface area (Å²) in [5.41, 5.74) is 0.569. The van der Waals surface area contributed by atoms with Gasteiger partial charge >= 0.3 is 0 Å². The Kier molecular flexibility index (Phi) is 1.20. The predicted molar refractivity (Wildman–Crippen MR) is 53.4 cm³/mol. The van der Waals surface area contributed by atoms with Gasteiger partial charge in [0.05, 0.1) is 10.5 Å². The van der Waals surface area contributed by atoms with Crippen molar-refractivity contribution in [2.45, 2.75) is 0 Å². The Morgan fingerprint density at radius 2 is 2.50 bits per heavy atom. The second-order valence-corrected chi connectivity index (χ2v) is 3.60. The molecule has 0 atom stereocenters. The molecule has 0 aliphatic carbocycles. The van der Waals surface area contributed by atoms with Crippen LogP contribution in [0.2, 0.25) is 5.02 Å². The largest absolute Gasteiger partial charge is 0.275 e. The van der Waals surface area contributed by atoms with E-state index in [-0.39, 0.29) is 0 Å². The minimum absolute atomic E-state index is 0.475. The van der Waals surface area contributed by atoms with E-state index >= 15 is 0 Å². The van der Waals surface area contributed by atoms with Gasteiger partial charge in [-0.25, -0.2) is 0 Å². The fourth-order valence-electron chi connectivity index (χ4n) is 1.03. The molecule has 0 radical (unpaired) electrons. The van der Waals surface area contributed by atoms with E-state index in [0.29, 0.717) is 15.9 Å². The third kappa shape index (κ3) is 1.13. The zero-order valence-corrected chi connectivity index (χ0v) is 8.22. The number of halogens is 2. The highest BCUT2D eigenvalue weighted by molar-refractivity contribution is 9.10. The van der Waals surface area contributed by atoms with E-state index in [9.17, 15) is 0 Å². The van der Waals surface area contributed by atoms with E-state index in [1.165, 1.54) is 6.20 Å². The van der Waals surface area contributed by atoms with Crippen molar-refractivity contribution >= 4 is 38.4 Å². The van der Waals surface area contributed by atoms with Crippen molar-refractivity contribution in [3.8, 4) is 0 Å². The van der Waals surface area contributed by atoms with E-state index < -0.39 is 6.98 Å². The molecule has 0 bridgehead atoms. The van der Waals surface area contributed by atoms with Gasteiger partial charge in [-0.3, -0.25) is 4.68 Å². The lowest BCUT2D eigenvalue weighted by atomic mass is 10.3. The lowest BCUT2D eigenvalue weighted by molar-refractivity contribution is 0.780. The number of rotatable bonds is 0. The second kappa shape index (κ2) is 2.75. The molecule has 0 fully saturated rings. The quantitative estimate of drug-likeness (QED) is 0.701. The first-order chi connectivity index (χ1) is 6.89. The maximum atomic E-state index is 7.21. The Morgan fingerprint density at radius 1 is 1.67 bits per heavy atom. The molecular weight excluding hydrogens is 239 g/mol. The van der Waals surface area contributed by atoms with Crippen LogP contribution >= 0.6 is 27.5 Å². The summed E-state index contributed by atoms with van der Waals surface area (Å²) in [5.74, 6) is 0. The van der Waals surface area contributed by atoms with Gasteiger partial charge in [0, 0.05) is 27.1 Å². The van der Waals surface area contributed by atoms with Gasteiger partial charge in [0.1, 0.15) is 0 Å². The van der Waals surface area contributed by atoms with Crippen molar-refractivity contribution in [3.63, 3.8) is 0 Å². The van der Waals surface area contributed by atoms with Crippen LogP contribution in [0.5, 0.6) is 0 Å². The minimum atomic E-state index is -2.27. The number of hydrogen-bond acceptors (Lipinski definition) is 1. The topological polar surface area (TPSA) is 17.8 Å². The molecule has 1 aromatic heterocycles. The summed E-state index contributed by atoms with van der Waals surface area (Å²) in [6, 6.07) is 3.45. The van der Waals surface area contributed by atoms with Crippen LogP contribution in [-0.4, -0.2) is 9.78 Å². The van der Waals surface area contributed by atoms with Gasteiger partial charge in [0.15, 0.2) is 0 Å². The number of aryl methyl sites for hydroxylation is 1. The van der Waals surface area contributed by atoms with Crippen molar-refractivity contribution < 1.29 is 4.11 Å². The molecule has 0 N–H and O–H groups in total. The van der Waals surface area contributed by atoms with Crippen molar-refractivity contribution in [2.24, 2.45) is 6.98 Å². The van der Waals surface area contributed by atoms with Crippen molar-refractivity contribution in [2.75, 3.05) is 0 Å². The second-order valence-electron chi connectivity index (χ2n) is 2.37. The Balaban J connectivity index is 2.72. The van der Waals surface area contributed by atoms with E-state index in [4.69, 9.17) is 15.7 Å². The summed E-state index contributed by atoms with van der Waals surface area (Å²) in [7, 11) is 0. The molecule has 1 aromatic carbocycles. The van der Waals surface area contributed by atoms with Gasteiger partial charge in [-0.05, 0) is 28.1 Å². The summed E-state index contributed by atoms with van der Waals surface area (Å²) in [5, 5.41) is 5.04. The van der Waals surface area contributed by atoms with Crippen molar-refractivity contribution in [1.82, 2.24) is 9.78 Å². The Hall–Kier alpha value is -0.540. The smallest absolute Gasteiger partial charge is 0.0939 e. The summed E-state index contributed by atoms with van der Waals surface area (Å²) in [6.07, 6.45) is 1.43. The van der Waals surface area contributed by atoms with Crippen LogP contribution in [0.3, 0.4) is 0 Å². The first kappa shape index (κ1) is 5.25. The summed E-state index contributed by atoms with van der Waals surface area (Å²) < 4.78 is 23.3. The SMILES string of the molecule is [2H]C([2H])([2H])n1cc2c(Cl)c(Br)ccc2n1. The number of benzene rings is 1. The fraction of sp³-hybridized carbons (Fsp3) is 0.125. The van der Waals surface area contributed by atoms with Crippen molar-refractivity contribution in [3.05, 3.63) is 27.8 Å². The predicted octanol–water partition coefficient (Wildman–Crippen LogP) is 2.99. The lowest BCUT2D eigenvalue weighted by Gasteiger charge is -1.94. The van der Waals surface area contributed by atoms with E-state index in [1.807, 2.05) is 0 Å². The number of aromatic nitrogens is 2. The maximum Gasteiger partial charge on any atom is 0.0939 e. The fourth-order valence-corrected chi connectivity index (χ4v) is 1.59. The minimum Gasteiger partial charge on any atom is -0.275 e. The molecule has 0 spiro atoms. The molecule has 62 valence electrons. The van der Waals surface area contributed by atoms with Crippen LogP contribution in [0, 0.1) is 0 Å². The van der Waals surface area contributed by atoms with E-state index in [1.54, 1.807) is 12.1 Å². The Morgan fingerprint density at radius 3 is 3.25 bits per heavy atom. The normalized spacial score (nSPS) is 15.7. The first-order valence-electron chi connectivity index (χ1n) is 4.73. The number of fused-ring (bicyclic) bond motifs is 1. The number of hydrogen-bond donors (Lipinski definition) is 0. The molecule has 12 heavy (non-hydrogen) atoms. The summed E-state index contributed by atoms with van der Waals surface area (Å²) in [6.45, 7) is -2.27. The van der Waals surface area contributed by atoms with Gasteiger partial charge in [-0.15, -0.1) is 0 Å². The molecule has 0 aliphatic rings. The van der Waals surface area contributed by atoms with Gasteiger partial charge in [0.25, 0.3) is 0 Å². The van der Waals surface area contributed by atoms with E-state index in [2.05, 4.69) is 21.0 Å². The van der Waals surface area contributed by atoms with Gasteiger partial charge in [-0.1, -0.05) is 11.6 Å². The molecule has 2 aromatic rings. The first-order valence-corrected chi connectivity index (χ1v) is 4.40. The molecular formula is C8H6BrClN2. The van der Waals surface area contributed by atoms with Crippen LogP contribution in [0.4, 0.5) is 0 Å². The van der Waals surface area contributed by atoms with E-state index in [0.717, 1.165) is 9.15 Å². The molecule has 2 nitrogen and oxygen atoms in total. The van der Waals surface area contributed by atoms with Gasteiger partial charge in [-0.2, -0.15) is 5.10 Å². The highest BCUT2D eigenvalue weighted by Crippen LogP contribution is 2.29. The molecule has 0 amide bonds. The lowest BCUT2D eigenvalue weighted by Crippen LogP contribution is -1.84. The highest BCUT2D eigenvalue weighted by atomic mass is 79.9. The Bertz CT molecular complexity index is 520. The molecule has 0 saturated carbocycles. The van der Waals surface area contributed by atoms with Crippen LogP contribution in [-0.2, 0) is 6.98 Å². The monoisotopic (exact) mass is 247 g/mol. The van der Waals surface area contributed by atoms with Crippen LogP contribution in [0.25, 0.3) is 10.9 Å². The average Bonchev–Trinajstić information content (AvgIpc) is 2.55. The van der Waals surface area contributed by atoms with Crippen molar-refractivity contribution in [1.29, 1.82) is 0 Å². The standard InChI is InChI=1S/C8H6BrClN2/c1-12-4-5-7(11-12)3-2-6(9)8(5)10/h2-4H,1H3/i1D3. The zero-order valence-electron chi connectivity index (χ0n) is 8.88. The van der Waals surface area contributed by atoms with Crippen LogP contribution in [0.1, 0.15) is 4.11 Å². The average molecular weight is 249 g/mol. The Labute approximate surface area is 87.5 Å². The molecule has 0 aliphatic heterocycles. The number of nitrogens with zero attached hydrogens (tertiary/aromatic N) is 2.